The number of halogens is 3. The summed E-state index contributed by atoms with van der Waals surface area (Å²) in [5.41, 5.74) is 0.369. The lowest BCUT2D eigenvalue weighted by molar-refractivity contribution is -0.140. The van der Waals surface area contributed by atoms with Crippen LogP contribution in [0.1, 0.15) is 16.3 Å². The van der Waals surface area contributed by atoms with Crippen LogP contribution in [0.4, 0.5) is 13.2 Å². The van der Waals surface area contributed by atoms with Gasteiger partial charge in [-0.3, -0.25) is 4.99 Å². The Labute approximate surface area is 159 Å². The number of guanidine groups is 1. The molecule has 1 aromatic heterocycles. The monoisotopic (exact) mass is 392 g/mol. The minimum absolute atomic E-state index is 0.189. The van der Waals surface area contributed by atoms with E-state index in [1.54, 1.807) is 7.05 Å². The molecule has 2 N–H and O–H groups in total. The molecular weight excluding hydrogens is 373 g/mol. The molecule has 3 aromatic rings. The molecule has 0 atom stereocenters. The number of alkyl halides is 3. The predicted octanol–water partition coefficient (Wildman–Crippen LogP) is 4.22. The van der Waals surface area contributed by atoms with Gasteiger partial charge in [-0.15, -0.1) is 11.3 Å². The van der Waals surface area contributed by atoms with Crippen molar-refractivity contribution in [2.45, 2.75) is 19.1 Å². The molecule has 3 rings (SSSR count). The minimum Gasteiger partial charge on any atom is -0.356 e. The summed E-state index contributed by atoms with van der Waals surface area (Å²) in [6.07, 6.45) is -3.61. The number of fused-ring (bicyclic) bond motifs is 1. The second kappa shape index (κ2) is 8.39. The average molecular weight is 392 g/mol. The van der Waals surface area contributed by atoms with E-state index in [4.69, 9.17) is 0 Å². The number of rotatable bonds is 5. The van der Waals surface area contributed by atoms with Crippen LogP contribution < -0.4 is 10.6 Å². The van der Waals surface area contributed by atoms with Crippen LogP contribution >= 0.6 is 11.3 Å². The van der Waals surface area contributed by atoms with E-state index in [9.17, 15) is 13.2 Å². The summed E-state index contributed by atoms with van der Waals surface area (Å²) in [5.74, 6) is 0.527. The van der Waals surface area contributed by atoms with Gasteiger partial charge in [0.05, 0.1) is 6.54 Å². The molecule has 0 amide bonds. The highest BCUT2D eigenvalue weighted by Gasteiger charge is 2.33. The van der Waals surface area contributed by atoms with Crippen LogP contribution in [-0.4, -0.2) is 24.5 Å². The second-order valence-electron chi connectivity index (χ2n) is 5.87. The van der Waals surface area contributed by atoms with Crippen LogP contribution in [-0.2, 0) is 19.1 Å². The fraction of sp³-hybridized carbons (Fsp3) is 0.263. The van der Waals surface area contributed by atoms with E-state index >= 15 is 0 Å². The zero-order chi connectivity index (χ0) is 19.3. The Morgan fingerprint density at radius 3 is 2.63 bits per heavy atom. The van der Waals surface area contributed by atoms with Crippen molar-refractivity contribution in [2.24, 2.45) is 4.99 Å². The largest absolute Gasteiger partial charge is 0.434 e. The smallest absolute Gasteiger partial charge is 0.356 e. The Hall–Kier alpha value is -2.61. The molecule has 0 aliphatic rings. The van der Waals surface area contributed by atoms with E-state index in [2.05, 4.69) is 44.9 Å². The van der Waals surface area contributed by atoms with Gasteiger partial charge in [0.2, 0.25) is 0 Å². The molecule has 0 radical (unpaired) electrons. The minimum atomic E-state index is -4.41. The quantitative estimate of drug-likeness (QED) is 0.505. The Kier molecular flexibility index (Phi) is 5.95. The molecule has 1 heterocycles. The standard InChI is InChI=1S/C19H19F3N4S/c1-23-18(25-11-17-26-16(12-27-17)19(20,21)22)24-10-9-14-7-4-6-13-5-2-3-8-15(13)14/h2-8,12H,9-11H2,1H3,(H2,23,24,25). The van der Waals surface area contributed by atoms with Crippen LogP contribution in [0, 0.1) is 0 Å². The fourth-order valence-electron chi connectivity index (χ4n) is 2.73. The number of hydrogen-bond donors (Lipinski definition) is 2. The topological polar surface area (TPSA) is 49.3 Å². The van der Waals surface area contributed by atoms with E-state index in [0.717, 1.165) is 23.1 Å². The van der Waals surface area contributed by atoms with Crippen LogP contribution in [0.2, 0.25) is 0 Å². The Morgan fingerprint density at radius 2 is 1.89 bits per heavy atom. The summed E-state index contributed by atoms with van der Waals surface area (Å²) < 4.78 is 37.8. The molecule has 8 heteroatoms. The van der Waals surface area contributed by atoms with Gasteiger partial charge in [-0.2, -0.15) is 13.2 Å². The van der Waals surface area contributed by atoms with Crippen molar-refractivity contribution in [3.63, 3.8) is 0 Å². The van der Waals surface area contributed by atoms with E-state index in [-0.39, 0.29) is 6.54 Å². The maximum Gasteiger partial charge on any atom is 0.434 e. The molecule has 27 heavy (non-hydrogen) atoms. The van der Waals surface area contributed by atoms with E-state index < -0.39 is 11.9 Å². The first-order valence-corrected chi connectivity index (χ1v) is 9.28. The molecule has 0 bridgehead atoms. The molecule has 0 aliphatic carbocycles. The van der Waals surface area contributed by atoms with Gasteiger partial charge in [0.25, 0.3) is 0 Å². The Balaban J connectivity index is 1.53. The number of hydrogen-bond acceptors (Lipinski definition) is 3. The fourth-order valence-corrected chi connectivity index (χ4v) is 3.47. The van der Waals surface area contributed by atoms with Gasteiger partial charge >= 0.3 is 6.18 Å². The number of aliphatic imine (C=N–C) groups is 1. The third-order valence-corrected chi connectivity index (χ3v) is 4.89. The highest BCUT2D eigenvalue weighted by atomic mass is 32.1. The zero-order valence-electron chi connectivity index (χ0n) is 14.7. The Bertz CT molecular complexity index is 929. The van der Waals surface area contributed by atoms with Gasteiger partial charge in [-0.1, -0.05) is 42.5 Å². The SMILES string of the molecule is CN=C(NCCc1cccc2ccccc12)NCc1nc(C(F)(F)F)cs1. The normalized spacial score (nSPS) is 12.4. The highest BCUT2D eigenvalue weighted by molar-refractivity contribution is 7.09. The molecule has 0 spiro atoms. The highest BCUT2D eigenvalue weighted by Crippen LogP contribution is 2.29. The predicted molar refractivity (Wildman–Crippen MR) is 103 cm³/mol. The number of nitrogens with zero attached hydrogens (tertiary/aromatic N) is 2. The maximum absolute atomic E-state index is 12.6. The Morgan fingerprint density at radius 1 is 1.11 bits per heavy atom. The third-order valence-electron chi connectivity index (χ3n) is 4.04. The summed E-state index contributed by atoms with van der Waals surface area (Å²) in [6.45, 7) is 0.841. The van der Waals surface area contributed by atoms with E-state index in [0.29, 0.717) is 17.5 Å². The lowest BCUT2D eigenvalue weighted by Crippen LogP contribution is -2.37. The zero-order valence-corrected chi connectivity index (χ0v) is 15.5. The lowest BCUT2D eigenvalue weighted by Gasteiger charge is -2.12. The number of thiazole rings is 1. The molecule has 142 valence electrons. The van der Waals surface area contributed by atoms with Gasteiger partial charge in [0.1, 0.15) is 5.01 Å². The maximum atomic E-state index is 12.6. The van der Waals surface area contributed by atoms with Gasteiger partial charge in [-0.25, -0.2) is 4.98 Å². The molecule has 4 nitrogen and oxygen atoms in total. The molecule has 0 saturated carbocycles. The lowest BCUT2D eigenvalue weighted by atomic mass is 10.0. The number of aromatic nitrogens is 1. The third kappa shape index (κ3) is 4.97. The molecule has 2 aromatic carbocycles. The van der Waals surface area contributed by atoms with Crippen LogP contribution in [0.25, 0.3) is 10.8 Å². The molecule has 0 saturated heterocycles. The van der Waals surface area contributed by atoms with Crippen LogP contribution in [0.5, 0.6) is 0 Å². The van der Waals surface area contributed by atoms with Crippen molar-refractivity contribution in [1.82, 2.24) is 15.6 Å². The van der Waals surface area contributed by atoms with Crippen molar-refractivity contribution < 1.29 is 13.2 Å². The summed E-state index contributed by atoms with van der Waals surface area (Å²) in [7, 11) is 1.62. The first-order chi connectivity index (χ1) is 13.0. The van der Waals surface area contributed by atoms with Crippen molar-refractivity contribution in [3.8, 4) is 0 Å². The summed E-state index contributed by atoms with van der Waals surface area (Å²) >= 11 is 0.975. The first kappa shape index (κ1) is 19.2. The summed E-state index contributed by atoms with van der Waals surface area (Å²) in [5, 5.41) is 9.97. The van der Waals surface area contributed by atoms with Gasteiger partial charge in [0.15, 0.2) is 11.7 Å². The number of benzene rings is 2. The van der Waals surface area contributed by atoms with Gasteiger partial charge in [-0.05, 0) is 22.8 Å². The summed E-state index contributed by atoms with van der Waals surface area (Å²) in [6, 6.07) is 14.4. The second-order valence-corrected chi connectivity index (χ2v) is 6.81. The molecular formula is C19H19F3N4S. The van der Waals surface area contributed by atoms with Crippen molar-refractivity contribution in [3.05, 3.63) is 64.1 Å². The van der Waals surface area contributed by atoms with Gasteiger partial charge in [0, 0.05) is 19.0 Å². The van der Waals surface area contributed by atoms with Crippen molar-refractivity contribution in [1.29, 1.82) is 0 Å². The average Bonchev–Trinajstić information content (AvgIpc) is 3.14. The van der Waals surface area contributed by atoms with Crippen LogP contribution in [0.15, 0.2) is 52.8 Å². The van der Waals surface area contributed by atoms with Crippen molar-refractivity contribution in [2.75, 3.05) is 13.6 Å². The van der Waals surface area contributed by atoms with E-state index in [1.807, 2.05) is 18.2 Å². The molecule has 0 unspecified atom stereocenters. The van der Waals surface area contributed by atoms with Crippen molar-refractivity contribution >= 4 is 28.1 Å². The molecule has 0 fully saturated rings. The van der Waals surface area contributed by atoms with E-state index in [1.165, 1.54) is 16.3 Å². The number of nitrogens with one attached hydrogen (secondary N) is 2. The first-order valence-electron chi connectivity index (χ1n) is 8.40. The summed E-state index contributed by atoms with van der Waals surface area (Å²) in [4.78, 5) is 7.70. The van der Waals surface area contributed by atoms with Crippen LogP contribution in [0.3, 0.4) is 0 Å². The molecule has 0 aliphatic heterocycles. The van der Waals surface area contributed by atoms with Gasteiger partial charge < -0.3 is 10.6 Å².